The molecule has 0 saturated carbocycles. The fraction of sp³-hybridized carbons (Fsp3) is 0.923. The quantitative estimate of drug-likeness (QED) is 0.546. The van der Waals surface area contributed by atoms with Gasteiger partial charge in [-0.1, -0.05) is 34.8 Å². The third-order valence-corrected chi connectivity index (χ3v) is 4.48. The van der Waals surface area contributed by atoms with Crippen LogP contribution in [0.4, 0.5) is 4.79 Å². The summed E-state index contributed by atoms with van der Waals surface area (Å²) >= 11 is 17.9. The van der Waals surface area contributed by atoms with E-state index >= 15 is 0 Å². The number of nitrogens with zero attached hydrogens (tertiary/aromatic N) is 2. The van der Waals surface area contributed by atoms with E-state index in [1.807, 2.05) is 12.1 Å². The lowest BCUT2D eigenvalue weighted by molar-refractivity contribution is 0.0380. The van der Waals surface area contributed by atoms with E-state index in [9.17, 15) is 4.79 Å². The van der Waals surface area contributed by atoms with Gasteiger partial charge in [0.1, 0.15) is 12.8 Å². The minimum atomic E-state index is -1.70. The molecule has 134 valence electrons. The first-order valence-electron chi connectivity index (χ1n) is 7.66. The molecule has 0 aromatic heterocycles. The normalized spacial score (nSPS) is 25.3. The maximum atomic E-state index is 11.9. The summed E-state index contributed by atoms with van der Waals surface area (Å²) in [6, 6.07) is 0. The molecule has 1 amide bonds. The molecule has 23 heavy (non-hydrogen) atoms. The van der Waals surface area contributed by atoms with Gasteiger partial charge in [0.15, 0.2) is 0 Å². The first-order valence-corrected chi connectivity index (χ1v) is 8.79. The molecule has 2 heterocycles. The maximum absolute atomic E-state index is 11.9. The Morgan fingerprint density at radius 1 is 1.35 bits per heavy atom. The van der Waals surface area contributed by atoms with Crippen molar-refractivity contribution in [2.75, 3.05) is 46.4 Å². The van der Waals surface area contributed by atoms with Gasteiger partial charge < -0.3 is 19.7 Å². The first kappa shape index (κ1) is 19.3. The number of piperazine rings is 1. The van der Waals surface area contributed by atoms with Gasteiger partial charge in [-0.05, 0) is 19.9 Å². The van der Waals surface area contributed by atoms with Gasteiger partial charge in [-0.3, -0.25) is 0 Å². The van der Waals surface area contributed by atoms with E-state index in [1.165, 1.54) is 0 Å². The minimum absolute atomic E-state index is 0.0439. The molecular weight excluding hydrogens is 367 g/mol. The minimum Gasteiger partial charge on any atom is -0.447 e. The average molecular weight is 390 g/mol. The lowest BCUT2D eigenvalue weighted by Gasteiger charge is -2.37. The molecule has 2 aliphatic heterocycles. The SMILES string of the molecule is CN1CCN(N[C@@H](NC(=O)OC[C@H]2CCCO2)C(Cl)(Cl)Cl)CC1. The molecule has 2 saturated heterocycles. The van der Waals surface area contributed by atoms with Crippen LogP contribution in [0.5, 0.6) is 0 Å². The number of amides is 1. The van der Waals surface area contributed by atoms with Gasteiger partial charge in [-0.15, -0.1) is 0 Å². The fourth-order valence-electron chi connectivity index (χ4n) is 2.41. The Morgan fingerprint density at radius 3 is 2.61 bits per heavy atom. The van der Waals surface area contributed by atoms with Gasteiger partial charge in [0.05, 0.1) is 6.10 Å². The molecule has 2 N–H and O–H groups in total. The van der Waals surface area contributed by atoms with Crippen LogP contribution in [0.2, 0.25) is 0 Å². The van der Waals surface area contributed by atoms with Crippen molar-refractivity contribution in [1.29, 1.82) is 0 Å². The predicted molar refractivity (Wildman–Crippen MR) is 89.7 cm³/mol. The highest BCUT2D eigenvalue weighted by molar-refractivity contribution is 6.68. The number of rotatable bonds is 5. The number of hydrogen-bond acceptors (Lipinski definition) is 6. The van der Waals surface area contributed by atoms with Gasteiger partial charge in [-0.25, -0.2) is 15.2 Å². The molecule has 7 nitrogen and oxygen atoms in total. The van der Waals surface area contributed by atoms with Crippen molar-refractivity contribution in [3.05, 3.63) is 0 Å². The predicted octanol–water partition coefficient (Wildman–Crippen LogP) is 1.34. The lowest BCUT2D eigenvalue weighted by Crippen LogP contribution is -2.62. The fourth-order valence-corrected chi connectivity index (χ4v) is 2.72. The second-order valence-electron chi connectivity index (χ2n) is 5.77. The number of halogens is 3. The van der Waals surface area contributed by atoms with Crippen LogP contribution in [0, 0.1) is 0 Å². The number of carbonyl (C=O) groups is 1. The summed E-state index contributed by atoms with van der Waals surface area (Å²) in [5, 5.41) is 4.48. The number of likely N-dealkylation sites (N-methyl/N-ethyl adjacent to an activating group) is 1. The average Bonchev–Trinajstić information content (AvgIpc) is 2.99. The Kier molecular flexibility index (Phi) is 7.47. The van der Waals surface area contributed by atoms with Crippen LogP contribution >= 0.6 is 34.8 Å². The number of alkyl halides is 3. The third-order valence-electron chi connectivity index (χ3n) is 3.83. The summed E-state index contributed by atoms with van der Waals surface area (Å²) in [6.07, 6.45) is 0.307. The Balaban J connectivity index is 1.79. The molecule has 0 aromatic rings. The summed E-state index contributed by atoms with van der Waals surface area (Å²) in [4.78, 5) is 14.1. The largest absolute Gasteiger partial charge is 0.447 e. The zero-order valence-corrected chi connectivity index (χ0v) is 15.3. The topological polar surface area (TPSA) is 66.1 Å². The summed E-state index contributed by atoms with van der Waals surface area (Å²) in [6.45, 7) is 4.22. The summed E-state index contributed by atoms with van der Waals surface area (Å²) < 4.78 is 8.83. The number of hydrazine groups is 1. The van der Waals surface area contributed by atoms with Crippen molar-refractivity contribution in [2.45, 2.75) is 28.9 Å². The molecule has 0 aromatic carbocycles. The van der Waals surface area contributed by atoms with Crippen LogP contribution in [0.3, 0.4) is 0 Å². The Morgan fingerprint density at radius 2 is 2.04 bits per heavy atom. The number of nitrogens with one attached hydrogen (secondary N) is 2. The Bertz CT molecular complexity index is 383. The van der Waals surface area contributed by atoms with E-state index in [4.69, 9.17) is 44.3 Å². The molecule has 0 spiro atoms. The Hall–Kier alpha value is -0.0200. The first-order chi connectivity index (χ1) is 10.8. The standard InChI is InChI=1S/C13H23Cl3N4O3/c1-19-4-6-20(7-5-19)18-11(13(14,15)16)17-12(21)23-9-10-3-2-8-22-10/h10-11,18H,2-9H2,1H3,(H,17,21)/t10-,11-/m1/s1. The van der Waals surface area contributed by atoms with Crippen LogP contribution < -0.4 is 10.7 Å². The second kappa shape index (κ2) is 8.89. The van der Waals surface area contributed by atoms with Crippen LogP contribution in [0.1, 0.15) is 12.8 Å². The van der Waals surface area contributed by atoms with Gasteiger partial charge in [0.25, 0.3) is 0 Å². The summed E-state index contributed by atoms with van der Waals surface area (Å²) in [5.41, 5.74) is 3.04. The van der Waals surface area contributed by atoms with Gasteiger partial charge in [-0.2, -0.15) is 0 Å². The molecule has 2 aliphatic rings. The molecule has 2 atom stereocenters. The molecule has 10 heteroatoms. The zero-order chi connectivity index (χ0) is 16.9. The van der Waals surface area contributed by atoms with E-state index in [1.54, 1.807) is 0 Å². The molecule has 0 aliphatic carbocycles. The van der Waals surface area contributed by atoms with Gasteiger partial charge in [0, 0.05) is 32.8 Å². The molecule has 2 fully saturated rings. The van der Waals surface area contributed by atoms with E-state index in [-0.39, 0.29) is 12.7 Å². The van der Waals surface area contributed by atoms with E-state index in [0.717, 1.165) is 39.0 Å². The van der Waals surface area contributed by atoms with Crippen LogP contribution in [-0.2, 0) is 9.47 Å². The van der Waals surface area contributed by atoms with Crippen molar-refractivity contribution in [3.63, 3.8) is 0 Å². The van der Waals surface area contributed by atoms with Crippen LogP contribution in [0.15, 0.2) is 0 Å². The highest BCUT2D eigenvalue weighted by Gasteiger charge is 2.36. The number of ether oxygens (including phenoxy) is 2. The van der Waals surface area contributed by atoms with Crippen LogP contribution in [-0.4, -0.2) is 78.5 Å². The number of hydrogen-bond donors (Lipinski definition) is 2. The number of alkyl carbamates (subject to hydrolysis) is 1. The van der Waals surface area contributed by atoms with E-state index < -0.39 is 16.1 Å². The summed E-state index contributed by atoms with van der Waals surface area (Å²) in [7, 11) is 2.05. The molecule has 0 radical (unpaired) electrons. The third kappa shape index (κ3) is 6.78. The maximum Gasteiger partial charge on any atom is 0.408 e. The lowest BCUT2D eigenvalue weighted by atomic mass is 10.2. The second-order valence-corrected chi connectivity index (χ2v) is 8.14. The monoisotopic (exact) mass is 388 g/mol. The van der Waals surface area contributed by atoms with Gasteiger partial charge >= 0.3 is 6.09 Å². The van der Waals surface area contributed by atoms with Crippen molar-refractivity contribution < 1.29 is 14.3 Å². The Labute approximate surface area is 151 Å². The molecule has 0 unspecified atom stereocenters. The molecule has 0 bridgehead atoms. The van der Waals surface area contributed by atoms with E-state index in [0.29, 0.717) is 6.61 Å². The van der Waals surface area contributed by atoms with Crippen molar-refractivity contribution in [3.8, 4) is 0 Å². The highest BCUT2D eigenvalue weighted by atomic mass is 35.6. The van der Waals surface area contributed by atoms with Crippen LogP contribution in [0.25, 0.3) is 0 Å². The van der Waals surface area contributed by atoms with Crippen molar-refractivity contribution in [2.24, 2.45) is 0 Å². The van der Waals surface area contributed by atoms with Crippen molar-refractivity contribution in [1.82, 2.24) is 20.7 Å². The van der Waals surface area contributed by atoms with Gasteiger partial charge in [0.2, 0.25) is 3.79 Å². The smallest absolute Gasteiger partial charge is 0.408 e. The molecular formula is C13H23Cl3N4O3. The van der Waals surface area contributed by atoms with E-state index in [2.05, 4.69) is 15.6 Å². The molecule has 2 rings (SSSR count). The number of carbonyl (C=O) groups excluding carboxylic acids is 1. The van der Waals surface area contributed by atoms with Crippen molar-refractivity contribution >= 4 is 40.9 Å². The highest BCUT2D eigenvalue weighted by Crippen LogP contribution is 2.29. The summed E-state index contributed by atoms with van der Waals surface area (Å²) in [5.74, 6) is 0. The zero-order valence-electron chi connectivity index (χ0n) is 13.1.